The summed E-state index contributed by atoms with van der Waals surface area (Å²) >= 11 is 0. The van der Waals surface area contributed by atoms with E-state index in [0.717, 1.165) is 0 Å². The van der Waals surface area contributed by atoms with Crippen LogP contribution >= 0.6 is 0 Å². The molecule has 0 bridgehead atoms. The zero-order valence-electron chi connectivity index (χ0n) is 10.3. The van der Waals surface area contributed by atoms with Gasteiger partial charge in [0.25, 0.3) is 0 Å². The molecular weight excluding hydrogens is 248 g/mol. The summed E-state index contributed by atoms with van der Waals surface area (Å²) in [4.78, 5) is 29.1. The monoisotopic (exact) mass is 264 g/mol. The average Bonchev–Trinajstić information content (AvgIpc) is 2.86. The number of unbranched alkanes of at least 4 members (excludes halogenated alkanes) is 1. The van der Waals surface area contributed by atoms with Crippen LogP contribution in [-0.4, -0.2) is 39.7 Å². The van der Waals surface area contributed by atoms with Crippen LogP contribution in [0.5, 0.6) is 0 Å². The number of hydrogen-bond donors (Lipinski definition) is 4. The van der Waals surface area contributed by atoms with Gasteiger partial charge in [-0.25, -0.2) is 14.6 Å². The molecule has 7 heteroatoms. The van der Waals surface area contributed by atoms with Gasteiger partial charge in [-0.05, 0) is 6.42 Å². The van der Waals surface area contributed by atoms with Gasteiger partial charge in [0.2, 0.25) is 0 Å². The molecule has 0 radical (unpaired) electrons. The van der Waals surface area contributed by atoms with E-state index in [1.54, 1.807) is 0 Å². The van der Waals surface area contributed by atoms with Crippen molar-refractivity contribution in [2.24, 2.45) is 0 Å². The highest BCUT2D eigenvalue weighted by Crippen LogP contribution is 1.98. The van der Waals surface area contributed by atoms with Crippen molar-refractivity contribution < 1.29 is 14.7 Å². The SMILES string of the molecule is C#CCCCNC(=O)NC(Cc1cnc[nH]1)C(=O)O. The molecule has 0 aliphatic heterocycles. The van der Waals surface area contributed by atoms with Crippen LogP contribution in [0.15, 0.2) is 12.5 Å². The van der Waals surface area contributed by atoms with Crippen molar-refractivity contribution >= 4 is 12.0 Å². The first-order chi connectivity index (χ1) is 9.13. The van der Waals surface area contributed by atoms with Gasteiger partial charge in [0, 0.05) is 31.3 Å². The molecular formula is C12H16N4O3. The summed E-state index contributed by atoms with van der Waals surface area (Å²) in [7, 11) is 0. The van der Waals surface area contributed by atoms with Crippen molar-refractivity contribution in [1.29, 1.82) is 0 Å². The largest absolute Gasteiger partial charge is 0.480 e. The molecule has 0 aliphatic carbocycles. The molecule has 7 nitrogen and oxygen atoms in total. The van der Waals surface area contributed by atoms with Crippen LogP contribution in [0.3, 0.4) is 0 Å². The van der Waals surface area contributed by atoms with Gasteiger partial charge in [0.1, 0.15) is 6.04 Å². The number of aromatic amines is 1. The van der Waals surface area contributed by atoms with Crippen LogP contribution in [-0.2, 0) is 11.2 Å². The third kappa shape index (κ3) is 5.59. The molecule has 0 fully saturated rings. The fourth-order valence-electron chi connectivity index (χ4n) is 1.42. The third-order valence-corrected chi connectivity index (χ3v) is 2.37. The number of H-pyrrole nitrogens is 1. The minimum Gasteiger partial charge on any atom is -0.480 e. The van der Waals surface area contributed by atoms with Crippen LogP contribution in [0.2, 0.25) is 0 Å². The number of aliphatic carboxylic acids is 1. The lowest BCUT2D eigenvalue weighted by Crippen LogP contribution is -2.47. The fourth-order valence-corrected chi connectivity index (χ4v) is 1.42. The number of imidazole rings is 1. The quantitative estimate of drug-likeness (QED) is 0.414. The van der Waals surface area contributed by atoms with E-state index in [4.69, 9.17) is 11.5 Å². The lowest BCUT2D eigenvalue weighted by molar-refractivity contribution is -0.139. The fraction of sp³-hybridized carbons (Fsp3) is 0.417. The molecule has 1 rings (SSSR count). The van der Waals surface area contributed by atoms with Crippen molar-refractivity contribution in [3.05, 3.63) is 18.2 Å². The number of amides is 2. The van der Waals surface area contributed by atoms with Crippen LogP contribution in [0, 0.1) is 12.3 Å². The highest BCUT2D eigenvalue weighted by Gasteiger charge is 2.20. The van der Waals surface area contributed by atoms with E-state index in [2.05, 4.69) is 26.5 Å². The maximum absolute atomic E-state index is 11.5. The molecule has 1 unspecified atom stereocenters. The lowest BCUT2D eigenvalue weighted by atomic mass is 10.2. The smallest absolute Gasteiger partial charge is 0.326 e. The molecule has 102 valence electrons. The Bertz CT molecular complexity index is 450. The number of hydrogen-bond acceptors (Lipinski definition) is 3. The van der Waals surface area contributed by atoms with Gasteiger partial charge < -0.3 is 20.7 Å². The minimum atomic E-state index is -1.10. The van der Waals surface area contributed by atoms with Crippen molar-refractivity contribution in [2.75, 3.05) is 6.54 Å². The topological polar surface area (TPSA) is 107 Å². The molecule has 4 N–H and O–H groups in total. The van der Waals surface area contributed by atoms with Gasteiger partial charge in [0.05, 0.1) is 6.33 Å². The van der Waals surface area contributed by atoms with Crippen molar-refractivity contribution in [1.82, 2.24) is 20.6 Å². The number of rotatable bonds is 7. The number of nitrogens with zero attached hydrogens (tertiary/aromatic N) is 1. The zero-order chi connectivity index (χ0) is 14.1. The van der Waals surface area contributed by atoms with Crippen molar-refractivity contribution in [2.45, 2.75) is 25.3 Å². The first kappa shape index (κ1) is 14.6. The maximum Gasteiger partial charge on any atom is 0.326 e. The Morgan fingerprint density at radius 3 is 2.95 bits per heavy atom. The molecule has 0 aliphatic rings. The van der Waals surface area contributed by atoms with E-state index in [1.165, 1.54) is 12.5 Å². The Labute approximate surface area is 110 Å². The summed E-state index contributed by atoms with van der Waals surface area (Å²) in [5.74, 6) is 1.35. The Morgan fingerprint density at radius 1 is 1.58 bits per heavy atom. The highest BCUT2D eigenvalue weighted by atomic mass is 16.4. The summed E-state index contributed by atoms with van der Waals surface area (Å²) in [5, 5.41) is 14.0. The number of carbonyl (C=O) groups excluding carboxylic acids is 1. The second kappa shape index (κ2) is 7.76. The molecule has 2 amide bonds. The van der Waals surface area contributed by atoms with Gasteiger partial charge in [-0.3, -0.25) is 0 Å². The second-order valence-electron chi connectivity index (χ2n) is 3.88. The Kier molecular flexibility index (Phi) is 5.95. The zero-order valence-corrected chi connectivity index (χ0v) is 10.3. The van der Waals surface area contributed by atoms with Crippen molar-refractivity contribution in [3.63, 3.8) is 0 Å². The number of carboxylic acids is 1. The molecule has 1 aromatic rings. The number of aromatic nitrogens is 2. The third-order valence-electron chi connectivity index (χ3n) is 2.37. The summed E-state index contributed by atoms with van der Waals surface area (Å²) in [5.41, 5.74) is 0.639. The van der Waals surface area contributed by atoms with Crippen LogP contribution < -0.4 is 10.6 Å². The molecule has 1 atom stereocenters. The van der Waals surface area contributed by atoms with E-state index in [9.17, 15) is 9.59 Å². The molecule has 0 saturated heterocycles. The summed E-state index contributed by atoms with van der Waals surface area (Å²) in [6.45, 7) is 0.409. The van der Waals surface area contributed by atoms with Crippen LogP contribution in [0.1, 0.15) is 18.5 Å². The molecule has 19 heavy (non-hydrogen) atoms. The minimum absolute atomic E-state index is 0.146. The van der Waals surface area contributed by atoms with E-state index < -0.39 is 18.0 Å². The van der Waals surface area contributed by atoms with Gasteiger partial charge in [0.15, 0.2) is 0 Å². The number of urea groups is 1. The molecule has 1 aromatic heterocycles. The molecule has 1 heterocycles. The molecule has 0 saturated carbocycles. The first-order valence-corrected chi connectivity index (χ1v) is 5.81. The van der Waals surface area contributed by atoms with Gasteiger partial charge in [-0.15, -0.1) is 12.3 Å². The first-order valence-electron chi connectivity index (χ1n) is 5.81. The predicted molar refractivity (Wildman–Crippen MR) is 68.3 cm³/mol. The summed E-state index contributed by atoms with van der Waals surface area (Å²) in [6.07, 6.45) is 9.41. The van der Waals surface area contributed by atoms with Gasteiger partial charge in [-0.2, -0.15) is 0 Å². The Morgan fingerprint density at radius 2 is 2.37 bits per heavy atom. The number of carboxylic acid groups (broad SMARTS) is 1. The number of terminal acetylenes is 1. The summed E-state index contributed by atoms with van der Waals surface area (Å²) < 4.78 is 0. The van der Waals surface area contributed by atoms with E-state index in [1.807, 2.05) is 0 Å². The van der Waals surface area contributed by atoms with Gasteiger partial charge >= 0.3 is 12.0 Å². The van der Waals surface area contributed by atoms with Crippen LogP contribution in [0.4, 0.5) is 4.79 Å². The number of nitrogens with one attached hydrogen (secondary N) is 3. The van der Waals surface area contributed by atoms with E-state index in [0.29, 0.717) is 25.1 Å². The van der Waals surface area contributed by atoms with Gasteiger partial charge in [-0.1, -0.05) is 0 Å². The Balaban J connectivity index is 2.39. The normalized spacial score (nSPS) is 11.3. The second-order valence-corrected chi connectivity index (χ2v) is 3.88. The highest BCUT2D eigenvalue weighted by molar-refractivity contribution is 5.82. The van der Waals surface area contributed by atoms with E-state index in [-0.39, 0.29) is 6.42 Å². The maximum atomic E-state index is 11.5. The summed E-state index contributed by atoms with van der Waals surface area (Å²) in [6, 6.07) is -1.53. The molecule has 0 spiro atoms. The standard InChI is InChI=1S/C12H16N4O3/c1-2-3-4-5-14-12(19)16-10(11(17)18)6-9-7-13-8-15-9/h1,7-8,10H,3-6H2,(H,13,15)(H,17,18)(H2,14,16,19). The molecule has 0 aromatic carbocycles. The van der Waals surface area contributed by atoms with E-state index >= 15 is 0 Å². The average molecular weight is 264 g/mol. The Hall–Kier alpha value is -2.49. The number of carbonyl (C=O) groups is 2. The predicted octanol–water partition coefficient (Wildman–Crippen LogP) is 0.118. The lowest BCUT2D eigenvalue weighted by Gasteiger charge is -2.14. The van der Waals surface area contributed by atoms with Crippen LogP contribution in [0.25, 0.3) is 0 Å². The van der Waals surface area contributed by atoms with Crippen molar-refractivity contribution in [3.8, 4) is 12.3 Å².